The van der Waals surface area contributed by atoms with Gasteiger partial charge in [-0.15, -0.1) is 0 Å². The van der Waals surface area contributed by atoms with E-state index in [-0.39, 0.29) is 13.1 Å². The van der Waals surface area contributed by atoms with Crippen molar-refractivity contribution >= 4 is 17.6 Å². The molecule has 1 aliphatic rings. The highest BCUT2D eigenvalue weighted by atomic mass is 16.7. The molecule has 1 aliphatic heterocycles. The van der Waals surface area contributed by atoms with Crippen LogP contribution in [0.5, 0.6) is 0 Å². The first kappa shape index (κ1) is 15.2. The Balaban J connectivity index is 2.10. The monoisotopic (exact) mass is 290 g/mol. The summed E-state index contributed by atoms with van der Waals surface area (Å²) < 4.78 is 0. The molecule has 112 valence electrons. The standard InChI is InChI=1S/C15H18N2O4/c1-10-4-6-11(7-5-10)8-17(21-3)14(19)12-9-16(2)15(20)13(12)18/h4-7,12H,8-9H2,1-3H3. The van der Waals surface area contributed by atoms with Gasteiger partial charge in [-0.3, -0.25) is 19.2 Å². The summed E-state index contributed by atoms with van der Waals surface area (Å²) in [6.45, 7) is 2.31. The van der Waals surface area contributed by atoms with Crippen molar-refractivity contribution in [2.75, 3.05) is 20.7 Å². The minimum absolute atomic E-state index is 0.101. The van der Waals surface area contributed by atoms with Crippen molar-refractivity contribution in [1.29, 1.82) is 0 Å². The molecular formula is C15H18N2O4. The fraction of sp³-hybridized carbons (Fsp3) is 0.400. The van der Waals surface area contributed by atoms with Crippen LogP contribution in [0.2, 0.25) is 0 Å². The molecule has 21 heavy (non-hydrogen) atoms. The summed E-state index contributed by atoms with van der Waals surface area (Å²) in [6.07, 6.45) is 0. The second-order valence-electron chi connectivity index (χ2n) is 5.15. The molecule has 0 radical (unpaired) electrons. The number of rotatable bonds is 4. The van der Waals surface area contributed by atoms with E-state index in [1.54, 1.807) is 0 Å². The minimum Gasteiger partial charge on any atom is -0.338 e. The molecule has 0 spiro atoms. The van der Waals surface area contributed by atoms with E-state index in [0.717, 1.165) is 16.2 Å². The molecule has 0 N–H and O–H groups in total. The van der Waals surface area contributed by atoms with Gasteiger partial charge in [0, 0.05) is 13.6 Å². The first-order valence-corrected chi connectivity index (χ1v) is 6.64. The number of aryl methyl sites for hydroxylation is 1. The van der Waals surface area contributed by atoms with Crippen LogP contribution in [0.1, 0.15) is 11.1 Å². The maximum Gasteiger partial charge on any atom is 0.290 e. The molecule has 1 fully saturated rings. The zero-order valence-corrected chi connectivity index (χ0v) is 12.3. The van der Waals surface area contributed by atoms with Gasteiger partial charge in [0.15, 0.2) is 0 Å². The number of carbonyl (C=O) groups is 3. The van der Waals surface area contributed by atoms with Crippen LogP contribution in [-0.4, -0.2) is 48.3 Å². The third-order valence-electron chi connectivity index (χ3n) is 3.54. The number of likely N-dealkylation sites (tertiary alicyclic amines) is 1. The fourth-order valence-corrected chi connectivity index (χ4v) is 2.23. The number of hydrogen-bond acceptors (Lipinski definition) is 4. The van der Waals surface area contributed by atoms with Crippen LogP contribution in [0.3, 0.4) is 0 Å². The number of hydroxylamine groups is 2. The van der Waals surface area contributed by atoms with Crippen molar-refractivity contribution in [2.24, 2.45) is 5.92 Å². The van der Waals surface area contributed by atoms with Crippen LogP contribution in [0.4, 0.5) is 0 Å². The second-order valence-corrected chi connectivity index (χ2v) is 5.15. The summed E-state index contributed by atoms with van der Waals surface area (Å²) in [5, 5.41) is 1.12. The predicted octanol–water partition coefficient (Wildman–Crippen LogP) is 0.542. The van der Waals surface area contributed by atoms with Gasteiger partial charge in [-0.25, -0.2) is 5.06 Å². The molecule has 0 saturated carbocycles. The van der Waals surface area contributed by atoms with Gasteiger partial charge in [-0.1, -0.05) is 29.8 Å². The molecule has 1 saturated heterocycles. The van der Waals surface area contributed by atoms with Crippen molar-refractivity contribution < 1.29 is 19.2 Å². The second kappa shape index (κ2) is 6.05. The van der Waals surface area contributed by atoms with Gasteiger partial charge in [-0.05, 0) is 12.5 Å². The maximum atomic E-state index is 12.4. The van der Waals surface area contributed by atoms with E-state index in [4.69, 9.17) is 4.84 Å². The number of amides is 2. The van der Waals surface area contributed by atoms with E-state index in [9.17, 15) is 14.4 Å². The van der Waals surface area contributed by atoms with E-state index in [2.05, 4.69) is 0 Å². The van der Waals surface area contributed by atoms with Gasteiger partial charge in [0.1, 0.15) is 5.92 Å². The summed E-state index contributed by atoms with van der Waals surface area (Å²) in [6, 6.07) is 7.65. The molecule has 2 amide bonds. The molecule has 0 aliphatic carbocycles. The predicted molar refractivity (Wildman–Crippen MR) is 74.9 cm³/mol. The van der Waals surface area contributed by atoms with E-state index in [1.165, 1.54) is 19.1 Å². The molecule has 6 nitrogen and oxygen atoms in total. The topological polar surface area (TPSA) is 66.9 Å². The normalized spacial score (nSPS) is 18.2. The number of benzene rings is 1. The van der Waals surface area contributed by atoms with Gasteiger partial charge in [0.25, 0.3) is 11.8 Å². The molecular weight excluding hydrogens is 272 g/mol. The molecule has 1 heterocycles. The van der Waals surface area contributed by atoms with Crippen molar-refractivity contribution in [3.8, 4) is 0 Å². The molecule has 1 unspecified atom stereocenters. The fourth-order valence-electron chi connectivity index (χ4n) is 2.23. The van der Waals surface area contributed by atoms with E-state index >= 15 is 0 Å². The van der Waals surface area contributed by atoms with Crippen molar-refractivity contribution in [2.45, 2.75) is 13.5 Å². The number of Topliss-reactive ketones (excluding diaryl/α,β-unsaturated/α-hetero) is 1. The lowest BCUT2D eigenvalue weighted by Gasteiger charge is -2.22. The number of likely N-dealkylation sites (N-methyl/N-ethyl adjacent to an activating group) is 1. The van der Waals surface area contributed by atoms with Crippen molar-refractivity contribution in [3.63, 3.8) is 0 Å². The molecule has 1 aromatic carbocycles. The summed E-state index contributed by atoms with van der Waals surface area (Å²) in [5.41, 5.74) is 2.01. The number of nitrogens with zero attached hydrogens (tertiary/aromatic N) is 2. The van der Waals surface area contributed by atoms with E-state index in [0.29, 0.717) is 0 Å². The average Bonchev–Trinajstić information content (AvgIpc) is 2.73. The smallest absolute Gasteiger partial charge is 0.290 e. The summed E-state index contributed by atoms with van der Waals surface area (Å²) in [5.74, 6) is -2.76. The van der Waals surface area contributed by atoms with Crippen LogP contribution in [-0.2, 0) is 25.8 Å². The number of carbonyl (C=O) groups excluding carboxylic acids is 3. The van der Waals surface area contributed by atoms with Gasteiger partial charge >= 0.3 is 0 Å². The third kappa shape index (κ3) is 3.11. The molecule has 0 bridgehead atoms. The van der Waals surface area contributed by atoms with Gasteiger partial charge < -0.3 is 4.90 Å². The Morgan fingerprint density at radius 2 is 1.95 bits per heavy atom. The minimum atomic E-state index is -0.979. The molecule has 6 heteroatoms. The quantitative estimate of drug-likeness (QED) is 0.461. The molecule has 1 atom stereocenters. The van der Waals surface area contributed by atoms with Crippen LogP contribution >= 0.6 is 0 Å². The lowest BCUT2D eigenvalue weighted by Crippen LogP contribution is -2.38. The van der Waals surface area contributed by atoms with Crippen LogP contribution in [0.15, 0.2) is 24.3 Å². The highest BCUT2D eigenvalue weighted by Gasteiger charge is 2.43. The summed E-state index contributed by atoms with van der Waals surface area (Å²) >= 11 is 0. The first-order chi connectivity index (χ1) is 9.93. The van der Waals surface area contributed by atoms with Gasteiger partial charge in [0.05, 0.1) is 13.7 Å². The SMILES string of the molecule is CON(Cc1ccc(C)cc1)C(=O)C1CN(C)C(=O)C1=O. The van der Waals surface area contributed by atoms with Crippen LogP contribution in [0, 0.1) is 12.8 Å². The lowest BCUT2D eigenvalue weighted by molar-refractivity contribution is -0.183. The Morgan fingerprint density at radius 3 is 2.43 bits per heavy atom. The van der Waals surface area contributed by atoms with Gasteiger partial charge in [0.2, 0.25) is 5.78 Å². The highest BCUT2D eigenvalue weighted by Crippen LogP contribution is 2.17. The Kier molecular flexibility index (Phi) is 4.37. The maximum absolute atomic E-state index is 12.4. The van der Waals surface area contributed by atoms with Gasteiger partial charge in [-0.2, -0.15) is 0 Å². The lowest BCUT2D eigenvalue weighted by atomic mass is 10.1. The molecule has 1 aromatic rings. The largest absolute Gasteiger partial charge is 0.338 e. The zero-order chi connectivity index (χ0) is 15.6. The first-order valence-electron chi connectivity index (χ1n) is 6.64. The summed E-state index contributed by atoms with van der Waals surface area (Å²) in [7, 11) is 2.88. The van der Waals surface area contributed by atoms with E-state index in [1.807, 2.05) is 31.2 Å². The Labute approximate surface area is 123 Å². The number of hydrogen-bond donors (Lipinski definition) is 0. The zero-order valence-electron chi connectivity index (χ0n) is 12.3. The van der Waals surface area contributed by atoms with Crippen LogP contribution in [0.25, 0.3) is 0 Å². The van der Waals surface area contributed by atoms with Crippen molar-refractivity contribution in [1.82, 2.24) is 9.96 Å². The van der Waals surface area contributed by atoms with Crippen molar-refractivity contribution in [3.05, 3.63) is 35.4 Å². The Hall–Kier alpha value is -2.21. The highest BCUT2D eigenvalue weighted by molar-refractivity contribution is 6.42. The van der Waals surface area contributed by atoms with E-state index < -0.39 is 23.5 Å². The average molecular weight is 290 g/mol. The summed E-state index contributed by atoms with van der Waals surface area (Å²) in [4.78, 5) is 42.0. The Bertz CT molecular complexity index is 568. The molecule has 0 aromatic heterocycles. The van der Waals surface area contributed by atoms with Crippen LogP contribution < -0.4 is 0 Å². The molecule has 2 rings (SSSR count). The Morgan fingerprint density at radius 1 is 1.33 bits per heavy atom. The third-order valence-corrected chi connectivity index (χ3v) is 3.54. The number of ketones is 1.